The van der Waals surface area contributed by atoms with Crippen LogP contribution < -0.4 is 9.47 Å². The lowest BCUT2D eigenvalue weighted by molar-refractivity contribution is 0.293. The van der Waals surface area contributed by atoms with Gasteiger partial charge in [-0.05, 0) is 54.1 Å². The number of ether oxygens (including phenoxy) is 2. The molecule has 158 valence electrons. The summed E-state index contributed by atoms with van der Waals surface area (Å²) < 4.78 is 13.2. The molecule has 4 rings (SSSR count). The number of hydrogen-bond donors (Lipinski definition) is 0. The Morgan fingerprint density at radius 1 is 0.903 bits per heavy atom. The Labute approximate surface area is 194 Å². The van der Waals surface area contributed by atoms with Crippen LogP contribution in [-0.4, -0.2) is 21.9 Å². The van der Waals surface area contributed by atoms with Crippen LogP contribution in [0.5, 0.6) is 11.5 Å². The molecule has 0 bridgehead atoms. The zero-order valence-corrected chi connectivity index (χ0v) is 19.0. The molecule has 0 aliphatic rings. The van der Waals surface area contributed by atoms with E-state index in [9.17, 15) is 0 Å². The van der Waals surface area contributed by atoms with Gasteiger partial charge in [0.05, 0.1) is 7.11 Å². The molecule has 0 aliphatic carbocycles. The highest BCUT2D eigenvalue weighted by Crippen LogP contribution is 2.30. The van der Waals surface area contributed by atoms with E-state index in [0.29, 0.717) is 21.6 Å². The second-order valence-corrected chi connectivity index (χ2v) is 8.34. The van der Waals surface area contributed by atoms with Crippen LogP contribution in [0.1, 0.15) is 11.4 Å². The van der Waals surface area contributed by atoms with Crippen molar-refractivity contribution >= 4 is 35.0 Å². The van der Waals surface area contributed by atoms with Gasteiger partial charge in [-0.3, -0.25) is 4.57 Å². The second kappa shape index (κ2) is 10.1. The van der Waals surface area contributed by atoms with Crippen LogP contribution in [0.4, 0.5) is 0 Å². The SMILES string of the molecule is COc1ccc(-n2c(COc3ccccc3)nnc2SCc2ccc(Cl)cc2Cl)cc1. The van der Waals surface area contributed by atoms with E-state index < -0.39 is 0 Å². The molecular formula is C23H19Cl2N3O2S. The monoisotopic (exact) mass is 471 g/mol. The van der Waals surface area contributed by atoms with E-state index in [1.54, 1.807) is 24.9 Å². The number of hydrogen-bond acceptors (Lipinski definition) is 5. The van der Waals surface area contributed by atoms with Crippen LogP contribution >= 0.6 is 35.0 Å². The maximum atomic E-state index is 6.33. The van der Waals surface area contributed by atoms with Crippen LogP contribution in [0.2, 0.25) is 10.0 Å². The van der Waals surface area contributed by atoms with Gasteiger partial charge in [0, 0.05) is 21.5 Å². The predicted octanol–water partition coefficient (Wildman–Crippen LogP) is 6.45. The van der Waals surface area contributed by atoms with E-state index in [-0.39, 0.29) is 6.61 Å². The topological polar surface area (TPSA) is 49.2 Å². The van der Waals surface area contributed by atoms with Crippen LogP contribution in [0.3, 0.4) is 0 Å². The van der Waals surface area contributed by atoms with Crippen LogP contribution in [0, 0.1) is 0 Å². The molecule has 0 saturated heterocycles. The predicted molar refractivity (Wildman–Crippen MR) is 125 cm³/mol. The summed E-state index contributed by atoms with van der Waals surface area (Å²) >= 11 is 13.9. The molecule has 5 nitrogen and oxygen atoms in total. The molecule has 0 N–H and O–H groups in total. The quantitative estimate of drug-likeness (QED) is 0.276. The van der Waals surface area contributed by atoms with Gasteiger partial charge in [0.15, 0.2) is 11.0 Å². The Balaban J connectivity index is 1.61. The Morgan fingerprint density at radius 3 is 2.39 bits per heavy atom. The van der Waals surface area contributed by atoms with E-state index in [1.165, 1.54) is 0 Å². The first kappa shape index (κ1) is 21.6. The molecule has 4 aromatic rings. The molecule has 0 spiro atoms. The van der Waals surface area contributed by atoms with E-state index in [1.807, 2.05) is 71.3 Å². The van der Waals surface area contributed by atoms with Gasteiger partial charge in [0.25, 0.3) is 0 Å². The first-order chi connectivity index (χ1) is 15.1. The number of methoxy groups -OCH3 is 1. The average molecular weight is 472 g/mol. The van der Waals surface area contributed by atoms with Crippen molar-refractivity contribution in [2.75, 3.05) is 7.11 Å². The van der Waals surface area contributed by atoms with Crippen molar-refractivity contribution in [3.63, 3.8) is 0 Å². The molecule has 0 unspecified atom stereocenters. The number of benzene rings is 3. The number of thioether (sulfide) groups is 1. The third kappa shape index (κ3) is 5.34. The summed E-state index contributed by atoms with van der Waals surface area (Å²) in [5.41, 5.74) is 1.89. The number of aromatic nitrogens is 3. The van der Waals surface area contributed by atoms with Crippen LogP contribution in [-0.2, 0) is 12.4 Å². The molecule has 1 heterocycles. The van der Waals surface area contributed by atoms with E-state index >= 15 is 0 Å². The Hall–Kier alpha value is -2.67. The molecule has 0 amide bonds. The number of nitrogens with zero attached hydrogens (tertiary/aromatic N) is 3. The van der Waals surface area contributed by atoms with Crippen molar-refractivity contribution in [2.45, 2.75) is 17.5 Å². The molecule has 0 atom stereocenters. The summed E-state index contributed by atoms with van der Waals surface area (Å²) in [6, 6.07) is 22.9. The van der Waals surface area contributed by atoms with Crippen molar-refractivity contribution < 1.29 is 9.47 Å². The highest BCUT2D eigenvalue weighted by Gasteiger charge is 2.16. The van der Waals surface area contributed by atoms with Gasteiger partial charge < -0.3 is 9.47 Å². The van der Waals surface area contributed by atoms with Gasteiger partial charge in [-0.2, -0.15) is 0 Å². The molecular weight excluding hydrogens is 453 g/mol. The van der Waals surface area contributed by atoms with E-state index in [0.717, 1.165) is 27.9 Å². The smallest absolute Gasteiger partial charge is 0.196 e. The van der Waals surface area contributed by atoms with Crippen LogP contribution in [0.15, 0.2) is 78.0 Å². The summed E-state index contributed by atoms with van der Waals surface area (Å²) in [4.78, 5) is 0. The van der Waals surface area contributed by atoms with Gasteiger partial charge in [0.1, 0.15) is 18.1 Å². The second-order valence-electron chi connectivity index (χ2n) is 6.56. The third-order valence-electron chi connectivity index (χ3n) is 4.51. The third-order valence-corrected chi connectivity index (χ3v) is 6.08. The van der Waals surface area contributed by atoms with Crippen molar-refractivity contribution in [1.82, 2.24) is 14.8 Å². The normalized spacial score (nSPS) is 10.8. The van der Waals surface area contributed by atoms with Gasteiger partial charge >= 0.3 is 0 Å². The van der Waals surface area contributed by atoms with Gasteiger partial charge in [-0.25, -0.2) is 0 Å². The fourth-order valence-electron chi connectivity index (χ4n) is 2.92. The van der Waals surface area contributed by atoms with Crippen LogP contribution in [0.25, 0.3) is 5.69 Å². The average Bonchev–Trinajstić information content (AvgIpc) is 3.20. The molecule has 0 fully saturated rings. The zero-order valence-electron chi connectivity index (χ0n) is 16.7. The van der Waals surface area contributed by atoms with Gasteiger partial charge in [0.2, 0.25) is 0 Å². The zero-order chi connectivity index (χ0) is 21.6. The first-order valence-corrected chi connectivity index (χ1v) is 11.2. The van der Waals surface area contributed by atoms with Crippen molar-refractivity contribution in [1.29, 1.82) is 0 Å². The summed E-state index contributed by atoms with van der Waals surface area (Å²) in [7, 11) is 1.64. The molecule has 3 aromatic carbocycles. The standard InChI is InChI=1S/C23H19Cl2N3O2S/c1-29-19-11-9-18(10-12-19)28-22(14-30-20-5-3-2-4-6-20)26-27-23(28)31-15-16-7-8-17(24)13-21(16)25/h2-13H,14-15H2,1H3. The minimum absolute atomic E-state index is 0.283. The van der Waals surface area contributed by atoms with Gasteiger partial charge in [-0.15, -0.1) is 10.2 Å². The summed E-state index contributed by atoms with van der Waals surface area (Å²) in [6.45, 7) is 0.283. The maximum Gasteiger partial charge on any atom is 0.196 e. The maximum absolute atomic E-state index is 6.33. The Kier molecular flexibility index (Phi) is 7.02. The highest BCUT2D eigenvalue weighted by atomic mass is 35.5. The molecule has 0 saturated carbocycles. The van der Waals surface area contributed by atoms with Crippen molar-refractivity contribution in [3.8, 4) is 17.2 Å². The van der Waals surface area contributed by atoms with Crippen molar-refractivity contribution in [2.24, 2.45) is 0 Å². The summed E-state index contributed by atoms with van der Waals surface area (Å²) in [5, 5.41) is 10.8. The first-order valence-electron chi connectivity index (χ1n) is 9.47. The molecule has 0 aliphatic heterocycles. The lowest BCUT2D eigenvalue weighted by Gasteiger charge is -2.12. The van der Waals surface area contributed by atoms with Gasteiger partial charge in [-0.1, -0.05) is 59.2 Å². The fourth-order valence-corrected chi connectivity index (χ4v) is 4.45. The Bertz CT molecular complexity index is 1150. The summed E-state index contributed by atoms with van der Waals surface area (Å²) in [5.74, 6) is 2.87. The lowest BCUT2D eigenvalue weighted by atomic mass is 10.2. The summed E-state index contributed by atoms with van der Waals surface area (Å²) in [6.07, 6.45) is 0. The number of halogens is 2. The minimum atomic E-state index is 0.283. The molecule has 1 aromatic heterocycles. The highest BCUT2D eigenvalue weighted by molar-refractivity contribution is 7.98. The lowest BCUT2D eigenvalue weighted by Crippen LogP contribution is -2.06. The molecule has 31 heavy (non-hydrogen) atoms. The molecule has 8 heteroatoms. The molecule has 0 radical (unpaired) electrons. The largest absolute Gasteiger partial charge is 0.497 e. The van der Waals surface area contributed by atoms with E-state index in [4.69, 9.17) is 32.7 Å². The minimum Gasteiger partial charge on any atom is -0.497 e. The number of para-hydroxylation sites is 1. The van der Waals surface area contributed by atoms with E-state index in [2.05, 4.69) is 10.2 Å². The number of rotatable bonds is 8. The Morgan fingerprint density at radius 2 is 1.68 bits per heavy atom. The van der Waals surface area contributed by atoms with Crippen molar-refractivity contribution in [3.05, 3.63) is 94.2 Å². The fraction of sp³-hybridized carbons (Fsp3) is 0.130.